The van der Waals surface area contributed by atoms with Gasteiger partial charge in [-0.2, -0.15) is 0 Å². The number of ether oxygens (including phenoxy) is 4. The molecule has 0 saturated carbocycles. The Morgan fingerprint density at radius 1 is 1.00 bits per heavy atom. The summed E-state index contributed by atoms with van der Waals surface area (Å²) in [6.07, 6.45) is 0. The van der Waals surface area contributed by atoms with Gasteiger partial charge in [-0.25, -0.2) is 8.42 Å². The third-order valence-corrected chi connectivity index (χ3v) is 7.78. The van der Waals surface area contributed by atoms with Crippen molar-refractivity contribution >= 4 is 21.6 Å². The lowest BCUT2D eigenvalue weighted by Crippen LogP contribution is -2.41. The van der Waals surface area contributed by atoms with Crippen molar-refractivity contribution in [3.8, 4) is 23.0 Å². The van der Waals surface area contributed by atoms with E-state index in [0.29, 0.717) is 49.1 Å². The number of anilines is 1. The Kier molecular flexibility index (Phi) is 9.42. The number of hydrogen-bond donors (Lipinski definition) is 2. The van der Waals surface area contributed by atoms with Crippen molar-refractivity contribution in [3.63, 3.8) is 0 Å². The Bertz CT molecular complexity index is 1460. The van der Waals surface area contributed by atoms with Crippen molar-refractivity contribution in [2.24, 2.45) is 0 Å². The van der Waals surface area contributed by atoms with Gasteiger partial charge in [0.15, 0.2) is 11.5 Å². The van der Waals surface area contributed by atoms with Gasteiger partial charge in [-0.05, 0) is 35.7 Å². The first kappa shape index (κ1) is 30.2. The minimum Gasteiger partial charge on any atom is -0.497 e. The average Bonchev–Trinajstić information content (AvgIpc) is 2.96. The van der Waals surface area contributed by atoms with E-state index in [0.717, 1.165) is 0 Å². The molecule has 3 aromatic carbocycles. The molecule has 1 heterocycles. The number of nitrogens with zero attached hydrogens (tertiary/aromatic N) is 1. The number of aliphatic hydroxyl groups is 1. The molecule has 0 aliphatic carbocycles. The summed E-state index contributed by atoms with van der Waals surface area (Å²) in [4.78, 5) is 15.3. The number of methoxy groups -OCH3 is 1. The maximum atomic E-state index is 14.0. The van der Waals surface area contributed by atoms with Crippen LogP contribution < -0.4 is 18.9 Å². The molecule has 3 aromatic rings. The number of para-hydroxylation sites is 1. The molecule has 0 radical (unpaired) electrons. The predicted molar refractivity (Wildman–Crippen MR) is 155 cm³/mol. The van der Waals surface area contributed by atoms with Crippen molar-refractivity contribution in [3.05, 3.63) is 71.8 Å². The summed E-state index contributed by atoms with van der Waals surface area (Å²) in [5, 5.41) is 9.67. The molecule has 1 saturated heterocycles. The molecule has 0 unspecified atom stereocenters. The topological polar surface area (TPSA) is 124 Å². The van der Waals surface area contributed by atoms with E-state index in [9.17, 15) is 18.3 Å². The lowest BCUT2D eigenvalue weighted by atomic mass is 9.82. The van der Waals surface area contributed by atoms with E-state index in [1.54, 1.807) is 59.5 Å². The molecule has 1 aliphatic rings. The zero-order chi connectivity index (χ0) is 29.6. The van der Waals surface area contributed by atoms with Gasteiger partial charge in [0, 0.05) is 36.0 Å². The summed E-state index contributed by atoms with van der Waals surface area (Å²) in [5.41, 5.74) is 0.264. The van der Waals surface area contributed by atoms with Crippen molar-refractivity contribution in [1.29, 1.82) is 0 Å². The third kappa shape index (κ3) is 7.10. The van der Waals surface area contributed by atoms with Crippen LogP contribution >= 0.6 is 0 Å². The Morgan fingerprint density at radius 3 is 2.32 bits per heavy atom. The number of rotatable bonds is 10. The summed E-state index contributed by atoms with van der Waals surface area (Å²) in [5.74, 6) is 0.389. The zero-order valence-electron chi connectivity index (χ0n) is 23.7. The van der Waals surface area contributed by atoms with Crippen LogP contribution in [-0.2, 0) is 20.2 Å². The fourth-order valence-corrected chi connectivity index (χ4v) is 5.75. The van der Waals surface area contributed by atoms with E-state index < -0.39 is 15.4 Å². The molecule has 1 amide bonds. The molecule has 10 nitrogen and oxygen atoms in total. The number of morpholine rings is 1. The highest BCUT2D eigenvalue weighted by molar-refractivity contribution is 7.92. The molecule has 2 N–H and O–H groups in total. The largest absolute Gasteiger partial charge is 0.497 e. The molecule has 0 atom stereocenters. The van der Waals surface area contributed by atoms with Gasteiger partial charge in [-0.1, -0.05) is 45.0 Å². The number of carbonyl (C=O) groups excluding carboxylic acids is 1. The molecule has 220 valence electrons. The second-order valence-electron chi connectivity index (χ2n) is 10.4. The second-order valence-corrected chi connectivity index (χ2v) is 12.1. The van der Waals surface area contributed by atoms with Gasteiger partial charge in [-0.3, -0.25) is 9.52 Å². The van der Waals surface area contributed by atoms with Gasteiger partial charge in [0.05, 0.1) is 26.9 Å². The minimum atomic E-state index is -4.32. The maximum absolute atomic E-state index is 14.0. The number of hydrogen-bond acceptors (Lipinski definition) is 8. The number of amides is 1. The summed E-state index contributed by atoms with van der Waals surface area (Å²) < 4.78 is 53.7. The van der Waals surface area contributed by atoms with E-state index in [-0.39, 0.29) is 41.1 Å². The standard InChI is InChI=1S/C30H36N2O8S/c1-30(2,3)26-24(29(34)32-13-16-38-17-14-32)20-25(41(35,36)31-21-9-6-5-7-10-21)27(28(26)39-18-15-33)40-23-12-8-11-22(19-23)37-4/h5-12,19-20,31,33H,13-18H2,1-4H3. The highest BCUT2D eigenvalue weighted by atomic mass is 32.2. The van der Waals surface area contributed by atoms with Gasteiger partial charge in [0.1, 0.15) is 23.0 Å². The SMILES string of the molecule is COc1cccc(Oc2c(S(=O)(=O)Nc3ccccc3)cc(C(=O)N3CCOCC3)c(C(C)(C)C)c2OCCO)c1. The number of aliphatic hydroxyl groups excluding tert-OH is 1. The Balaban J connectivity index is 2.01. The molecule has 1 fully saturated rings. The molecular formula is C30H36N2O8S. The summed E-state index contributed by atoms with van der Waals surface area (Å²) in [6, 6.07) is 16.5. The van der Waals surface area contributed by atoms with Crippen molar-refractivity contribution < 1.29 is 37.3 Å². The number of carbonyl (C=O) groups is 1. The van der Waals surface area contributed by atoms with E-state index >= 15 is 0 Å². The van der Waals surface area contributed by atoms with Crippen LogP contribution in [0.4, 0.5) is 5.69 Å². The molecular weight excluding hydrogens is 548 g/mol. The zero-order valence-corrected chi connectivity index (χ0v) is 24.5. The molecule has 0 bridgehead atoms. The molecule has 4 rings (SSSR count). The average molecular weight is 585 g/mol. The predicted octanol–water partition coefficient (Wildman–Crippen LogP) is 4.43. The fraction of sp³-hybridized carbons (Fsp3) is 0.367. The van der Waals surface area contributed by atoms with E-state index in [2.05, 4.69) is 4.72 Å². The summed E-state index contributed by atoms with van der Waals surface area (Å²) in [7, 11) is -2.81. The van der Waals surface area contributed by atoms with Crippen molar-refractivity contribution in [2.45, 2.75) is 31.1 Å². The van der Waals surface area contributed by atoms with Gasteiger partial charge >= 0.3 is 0 Å². The number of nitrogens with one attached hydrogen (secondary N) is 1. The van der Waals surface area contributed by atoms with E-state index in [4.69, 9.17) is 18.9 Å². The van der Waals surface area contributed by atoms with Crippen LogP contribution in [0.25, 0.3) is 0 Å². The summed E-state index contributed by atoms with van der Waals surface area (Å²) >= 11 is 0. The third-order valence-electron chi connectivity index (χ3n) is 6.39. The Hall–Kier alpha value is -3.80. The maximum Gasteiger partial charge on any atom is 0.265 e. The second kappa shape index (κ2) is 12.8. The van der Waals surface area contributed by atoms with Crippen LogP contribution in [0.1, 0.15) is 36.7 Å². The lowest BCUT2D eigenvalue weighted by Gasteiger charge is -2.32. The molecule has 0 spiro atoms. The van der Waals surface area contributed by atoms with E-state index in [1.807, 2.05) is 20.8 Å². The highest BCUT2D eigenvalue weighted by Crippen LogP contribution is 2.47. The highest BCUT2D eigenvalue weighted by Gasteiger charge is 2.37. The summed E-state index contributed by atoms with van der Waals surface area (Å²) in [6.45, 7) is 6.68. The van der Waals surface area contributed by atoms with Crippen LogP contribution in [0.5, 0.6) is 23.0 Å². The van der Waals surface area contributed by atoms with E-state index in [1.165, 1.54) is 13.2 Å². The quantitative estimate of drug-likeness (QED) is 0.359. The van der Waals surface area contributed by atoms with Crippen LogP contribution in [0, 0.1) is 0 Å². The van der Waals surface area contributed by atoms with Crippen LogP contribution in [0.3, 0.4) is 0 Å². The lowest BCUT2D eigenvalue weighted by molar-refractivity contribution is 0.0300. The van der Waals surface area contributed by atoms with Crippen LogP contribution in [0.15, 0.2) is 65.6 Å². The van der Waals surface area contributed by atoms with Gasteiger partial charge < -0.3 is 29.0 Å². The van der Waals surface area contributed by atoms with Crippen LogP contribution in [0.2, 0.25) is 0 Å². The van der Waals surface area contributed by atoms with Gasteiger partial charge in [-0.15, -0.1) is 0 Å². The molecule has 1 aliphatic heterocycles. The fourth-order valence-electron chi connectivity index (χ4n) is 4.55. The van der Waals surface area contributed by atoms with Gasteiger partial charge in [0.25, 0.3) is 15.9 Å². The Morgan fingerprint density at radius 2 is 1.68 bits per heavy atom. The normalized spacial score (nSPS) is 13.9. The first-order valence-corrected chi connectivity index (χ1v) is 14.8. The number of benzene rings is 3. The Labute approximate surface area is 240 Å². The van der Waals surface area contributed by atoms with Crippen molar-refractivity contribution in [2.75, 3.05) is 51.3 Å². The minimum absolute atomic E-state index is 0.0573. The van der Waals surface area contributed by atoms with Crippen molar-refractivity contribution in [1.82, 2.24) is 4.90 Å². The first-order valence-electron chi connectivity index (χ1n) is 13.3. The molecule has 41 heavy (non-hydrogen) atoms. The monoisotopic (exact) mass is 584 g/mol. The smallest absolute Gasteiger partial charge is 0.265 e. The van der Waals surface area contributed by atoms with Crippen LogP contribution in [-0.4, -0.2) is 71.0 Å². The number of sulfonamides is 1. The first-order chi connectivity index (χ1) is 19.5. The van der Waals surface area contributed by atoms with Gasteiger partial charge in [0.2, 0.25) is 0 Å². The molecule has 11 heteroatoms. The molecule has 0 aromatic heterocycles.